The molecule has 0 spiro atoms. The fourth-order valence-corrected chi connectivity index (χ4v) is 2.45. The van der Waals surface area contributed by atoms with Gasteiger partial charge in [0.15, 0.2) is 11.5 Å². The van der Waals surface area contributed by atoms with Gasteiger partial charge in [-0.05, 0) is 12.1 Å². The van der Waals surface area contributed by atoms with Gasteiger partial charge in [0, 0.05) is 18.3 Å². The molecule has 0 bridgehead atoms. The number of amides is 1. The van der Waals surface area contributed by atoms with Gasteiger partial charge in [-0.2, -0.15) is 0 Å². The molecule has 0 saturated heterocycles. The molecule has 27 heavy (non-hydrogen) atoms. The number of β-amino-alcohol motifs (C(OH)–C–C–N with tert-alkyl or cyclic N) is 1. The van der Waals surface area contributed by atoms with Crippen molar-refractivity contribution in [2.75, 3.05) is 39.2 Å². The predicted molar refractivity (Wildman–Crippen MR) is 86.0 cm³/mol. The van der Waals surface area contributed by atoms with Crippen LogP contribution < -0.4 is 14.8 Å². The highest BCUT2D eigenvalue weighted by Crippen LogP contribution is 2.35. The Bertz CT molecular complexity index is 763. The van der Waals surface area contributed by atoms with E-state index in [0.29, 0.717) is 0 Å². The van der Waals surface area contributed by atoms with Crippen LogP contribution in [0.2, 0.25) is 0 Å². The van der Waals surface area contributed by atoms with Gasteiger partial charge >= 0.3 is 12.3 Å². The topological polar surface area (TPSA) is 97.3 Å². The molecule has 1 aliphatic heterocycles. The van der Waals surface area contributed by atoms with Gasteiger partial charge in [-0.3, -0.25) is 4.79 Å². The number of esters is 1. The molecule has 1 amide bonds. The maximum Gasteiger partial charge on any atom is 0.573 e. The van der Waals surface area contributed by atoms with E-state index in [1.54, 1.807) is 0 Å². The average molecular weight is 390 g/mol. The smallest absolute Gasteiger partial charge is 0.493 e. The molecule has 0 fully saturated rings. The van der Waals surface area contributed by atoms with Crippen LogP contribution in [-0.2, 0) is 14.3 Å². The molecule has 0 unspecified atom stereocenters. The lowest BCUT2D eigenvalue weighted by Gasteiger charge is -2.16. The van der Waals surface area contributed by atoms with Crippen LogP contribution in [0.5, 0.6) is 11.5 Å². The SMILES string of the molecule is COC(=O)C1=C(Nc2ccc(OC)c(OC(F)(F)F)c2)C(=O)N(CCO)C1. The Labute approximate surface area is 152 Å². The number of ether oxygens (including phenoxy) is 3. The quantitative estimate of drug-likeness (QED) is 0.677. The molecule has 0 saturated carbocycles. The molecule has 1 aromatic carbocycles. The van der Waals surface area contributed by atoms with Crippen molar-refractivity contribution in [2.24, 2.45) is 0 Å². The number of carbonyl (C=O) groups excluding carboxylic acids is 2. The second-order valence-electron chi connectivity index (χ2n) is 5.33. The third-order valence-corrected chi connectivity index (χ3v) is 3.61. The van der Waals surface area contributed by atoms with Gasteiger partial charge in [0.1, 0.15) is 5.70 Å². The van der Waals surface area contributed by atoms with Crippen LogP contribution in [0.25, 0.3) is 0 Å². The first-order chi connectivity index (χ1) is 12.7. The van der Waals surface area contributed by atoms with Crippen LogP contribution in [0.15, 0.2) is 29.5 Å². The normalized spacial score (nSPS) is 14.4. The standard InChI is InChI=1S/C16H17F3N2O6/c1-25-11-4-3-9(7-12(11)27-16(17,18)19)20-13-10(15(24)26-2)8-21(5-6-22)14(13)23/h3-4,7,20,22H,5-6,8H2,1-2H3. The van der Waals surface area contributed by atoms with E-state index in [0.717, 1.165) is 13.2 Å². The lowest BCUT2D eigenvalue weighted by atomic mass is 10.2. The number of benzene rings is 1. The zero-order valence-electron chi connectivity index (χ0n) is 14.4. The Balaban J connectivity index is 2.36. The van der Waals surface area contributed by atoms with Crippen molar-refractivity contribution >= 4 is 17.6 Å². The summed E-state index contributed by atoms with van der Waals surface area (Å²) in [5, 5.41) is 11.6. The Kier molecular flexibility index (Phi) is 6.16. The van der Waals surface area contributed by atoms with Gasteiger partial charge in [0.05, 0.1) is 32.9 Å². The van der Waals surface area contributed by atoms with Crippen molar-refractivity contribution in [1.29, 1.82) is 0 Å². The molecule has 1 aliphatic rings. The summed E-state index contributed by atoms with van der Waals surface area (Å²) in [6, 6.07) is 3.55. The Morgan fingerprint density at radius 1 is 1.30 bits per heavy atom. The summed E-state index contributed by atoms with van der Waals surface area (Å²) >= 11 is 0. The summed E-state index contributed by atoms with van der Waals surface area (Å²) in [7, 11) is 2.31. The summed E-state index contributed by atoms with van der Waals surface area (Å²) in [4.78, 5) is 25.5. The van der Waals surface area contributed by atoms with Crippen LogP contribution in [0.3, 0.4) is 0 Å². The zero-order valence-corrected chi connectivity index (χ0v) is 14.4. The van der Waals surface area contributed by atoms with E-state index in [-0.39, 0.29) is 42.4 Å². The summed E-state index contributed by atoms with van der Waals surface area (Å²) in [5.41, 5.74) is -0.103. The van der Waals surface area contributed by atoms with Crippen LogP contribution in [-0.4, -0.2) is 62.2 Å². The number of aliphatic hydroxyl groups excluding tert-OH is 1. The Morgan fingerprint density at radius 3 is 2.56 bits per heavy atom. The minimum absolute atomic E-state index is 0.00921. The predicted octanol–water partition coefficient (Wildman–Crippen LogP) is 1.27. The molecule has 0 atom stereocenters. The molecular formula is C16H17F3N2O6. The number of aliphatic hydroxyl groups is 1. The number of nitrogens with one attached hydrogen (secondary N) is 1. The van der Waals surface area contributed by atoms with E-state index in [9.17, 15) is 22.8 Å². The first-order valence-electron chi connectivity index (χ1n) is 7.62. The van der Waals surface area contributed by atoms with Gasteiger partial charge in [-0.1, -0.05) is 0 Å². The number of hydrogen-bond acceptors (Lipinski definition) is 7. The lowest BCUT2D eigenvalue weighted by molar-refractivity contribution is -0.275. The summed E-state index contributed by atoms with van der Waals surface area (Å²) in [6.07, 6.45) is -4.94. The lowest BCUT2D eigenvalue weighted by Crippen LogP contribution is -2.31. The van der Waals surface area contributed by atoms with Crippen molar-refractivity contribution in [3.05, 3.63) is 29.5 Å². The summed E-state index contributed by atoms with van der Waals surface area (Å²) in [5.74, 6) is -2.15. The number of rotatable bonds is 7. The van der Waals surface area contributed by atoms with Gasteiger partial charge in [-0.15, -0.1) is 13.2 Å². The molecule has 2 N–H and O–H groups in total. The molecule has 1 aromatic rings. The van der Waals surface area contributed by atoms with E-state index in [4.69, 9.17) is 9.84 Å². The van der Waals surface area contributed by atoms with E-state index in [1.807, 2.05) is 0 Å². The van der Waals surface area contributed by atoms with E-state index in [2.05, 4.69) is 14.8 Å². The molecular weight excluding hydrogens is 373 g/mol. The molecule has 0 aliphatic carbocycles. The number of methoxy groups -OCH3 is 2. The zero-order chi connectivity index (χ0) is 20.2. The largest absolute Gasteiger partial charge is 0.573 e. The van der Waals surface area contributed by atoms with Crippen LogP contribution >= 0.6 is 0 Å². The number of halogens is 3. The number of alkyl halides is 3. The van der Waals surface area contributed by atoms with Gasteiger partial charge in [-0.25, -0.2) is 4.79 Å². The molecule has 0 radical (unpaired) electrons. The van der Waals surface area contributed by atoms with Crippen LogP contribution in [0.4, 0.5) is 18.9 Å². The third kappa shape index (κ3) is 4.82. The molecule has 148 valence electrons. The van der Waals surface area contributed by atoms with E-state index < -0.39 is 24.0 Å². The molecule has 1 heterocycles. The van der Waals surface area contributed by atoms with Crippen LogP contribution in [0, 0.1) is 0 Å². The van der Waals surface area contributed by atoms with Crippen LogP contribution in [0.1, 0.15) is 0 Å². The van der Waals surface area contributed by atoms with Crippen molar-refractivity contribution in [2.45, 2.75) is 6.36 Å². The van der Waals surface area contributed by atoms with Gasteiger partial charge in [0.25, 0.3) is 5.91 Å². The fraction of sp³-hybridized carbons (Fsp3) is 0.375. The van der Waals surface area contributed by atoms with Crippen molar-refractivity contribution in [3.63, 3.8) is 0 Å². The molecule has 2 rings (SSSR count). The second-order valence-corrected chi connectivity index (χ2v) is 5.33. The highest BCUT2D eigenvalue weighted by atomic mass is 19.4. The number of hydrogen-bond donors (Lipinski definition) is 2. The molecule has 11 heteroatoms. The maximum absolute atomic E-state index is 12.6. The number of carbonyl (C=O) groups is 2. The van der Waals surface area contributed by atoms with Crippen molar-refractivity contribution in [3.8, 4) is 11.5 Å². The first kappa shape index (κ1) is 20.4. The minimum atomic E-state index is -4.94. The first-order valence-corrected chi connectivity index (χ1v) is 7.62. The monoisotopic (exact) mass is 390 g/mol. The highest BCUT2D eigenvalue weighted by molar-refractivity contribution is 6.08. The maximum atomic E-state index is 12.6. The summed E-state index contributed by atoms with van der Waals surface area (Å²) < 4.78 is 51.0. The van der Waals surface area contributed by atoms with Gasteiger partial charge in [0.2, 0.25) is 0 Å². The fourth-order valence-electron chi connectivity index (χ4n) is 2.45. The Hall–Kier alpha value is -2.95. The number of nitrogens with zero attached hydrogens (tertiary/aromatic N) is 1. The second kappa shape index (κ2) is 8.16. The van der Waals surface area contributed by atoms with E-state index >= 15 is 0 Å². The average Bonchev–Trinajstić information content (AvgIpc) is 2.90. The number of anilines is 1. The highest BCUT2D eigenvalue weighted by Gasteiger charge is 2.35. The van der Waals surface area contributed by atoms with E-state index in [1.165, 1.54) is 24.1 Å². The van der Waals surface area contributed by atoms with Crippen molar-refractivity contribution in [1.82, 2.24) is 4.90 Å². The van der Waals surface area contributed by atoms with Crippen molar-refractivity contribution < 1.29 is 42.1 Å². The minimum Gasteiger partial charge on any atom is -0.493 e. The summed E-state index contributed by atoms with van der Waals surface area (Å²) in [6.45, 7) is -0.439. The third-order valence-electron chi connectivity index (χ3n) is 3.61. The van der Waals surface area contributed by atoms with Gasteiger partial charge < -0.3 is 29.5 Å². The molecule has 0 aromatic heterocycles. The Morgan fingerprint density at radius 2 is 2.00 bits per heavy atom. The molecule has 8 nitrogen and oxygen atoms in total.